The maximum atomic E-state index is 10.2. The lowest BCUT2D eigenvalue weighted by molar-refractivity contribution is -0.191. The zero-order chi connectivity index (χ0) is 14.1. The smallest absolute Gasteiger partial charge is 0.187 e. The molecule has 0 aliphatic carbocycles. The summed E-state index contributed by atoms with van der Waals surface area (Å²) < 4.78 is 16.3. The molecule has 19 heavy (non-hydrogen) atoms. The van der Waals surface area contributed by atoms with Gasteiger partial charge in [0.15, 0.2) is 6.29 Å². The molecule has 0 spiro atoms. The molecule has 4 heteroatoms. The molecule has 0 aliphatic heterocycles. The van der Waals surface area contributed by atoms with E-state index >= 15 is 0 Å². The molecule has 0 bridgehead atoms. The average molecular weight is 268 g/mol. The molecule has 0 heterocycles. The van der Waals surface area contributed by atoms with Gasteiger partial charge in [0.25, 0.3) is 0 Å². The van der Waals surface area contributed by atoms with E-state index in [1.807, 2.05) is 38.1 Å². The van der Waals surface area contributed by atoms with Gasteiger partial charge in [0.1, 0.15) is 11.9 Å². The minimum atomic E-state index is -0.792. The van der Waals surface area contributed by atoms with Gasteiger partial charge in [-0.15, -0.1) is 0 Å². The molecular weight excluding hydrogens is 244 g/mol. The fourth-order valence-corrected chi connectivity index (χ4v) is 1.70. The van der Waals surface area contributed by atoms with Crippen molar-refractivity contribution in [1.29, 1.82) is 0 Å². The summed E-state index contributed by atoms with van der Waals surface area (Å²) in [5.74, 6) is 0.808. The fourth-order valence-electron chi connectivity index (χ4n) is 1.70. The van der Waals surface area contributed by atoms with Gasteiger partial charge in [-0.2, -0.15) is 0 Å². The molecule has 0 amide bonds. The van der Waals surface area contributed by atoms with Gasteiger partial charge in [0.05, 0.1) is 6.61 Å². The van der Waals surface area contributed by atoms with Gasteiger partial charge in [-0.3, -0.25) is 0 Å². The Morgan fingerprint density at radius 1 is 1.00 bits per heavy atom. The number of rotatable bonds is 9. The second-order valence-electron chi connectivity index (χ2n) is 4.14. The van der Waals surface area contributed by atoms with Crippen molar-refractivity contribution >= 4 is 0 Å². The third-order valence-corrected chi connectivity index (χ3v) is 2.61. The van der Waals surface area contributed by atoms with Crippen LogP contribution in [-0.2, 0) is 9.47 Å². The van der Waals surface area contributed by atoms with Crippen LogP contribution < -0.4 is 4.74 Å². The van der Waals surface area contributed by atoms with Crippen molar-refractivity contribution in [3.05, 3.63) is 29.8 Å². The van der Waals surface area contributed by atoms with E-state index in [4.69, 9.17) is 14.2 Å². The van der Waals surface area contributed by atoms with Crippen LogP contribution in [-0.4, -0.2) is 31.2 Å². The maximum absolute atomic E-state index is 10.2. The van der Waals surface area contributed by atoms with E-state index < -0.39 is 12.4 Å². The van der Waals surface area contributed by atoms with Gasteiger partial charge in [0, 0.05) is 13.2 Å². The van der Waals surface area contributed by atoms with Crippen molar-refractivity contribution in [2.75, 3.05) is 19.8 Å². The Bertz CT molecular complexity index is 331. The van der Waals surface area contributed by atoms with E-state index in [9.17, 15) is 5.11 Å². The minimum Gasteiger partial charge on any atom is -0.494 e. The van der Waals surface area contributed by atoms with Crippen molar-refractivity contribution < 1.29 is 19.3 Å². The molecule has 0 aliphatic rings. The number of hydrogen-bond acceptors (Lipinski definition) is 4. The van der Waals surface area contributed by atoms with Gasteiger partial charge >= 0.3 is 0 Å². The Kier molecular flexibility index (Phi) is 7.48. The zero-order valence-electron chi connectivity index (χ0n) is 12.0. The number of aliphatic hydroxyl groups is 1. The second kappa shape index (κ2) is 8.91. The number of ether oxygens (including phenoxy) is 3. The summed E-state index contributed by atoms with van der Waals surface area (Å²) >= 11 is 0. The van der Waals surface area contributed by atoms with Gasteiger partial charge < -0.3 is 19.3 Å². The highest BCUT2D eigenvalue weighted by Crippen LogP contribution is 2.23. The monoisotopic (exact) mass is 268 g/mol. The SMILES string of the molecule is CCCOc1ccc(C(O)C(OCC)OCC)cc1. The number of benzene rings is 1. The van der Waals surface area contributed by atoms with Crippen molar-refractivity contribution in [2.45, 2.75) is 39.6 Å². The van der Waals surface area contributed by atoms with Crippen LogP contribution in [0.5, 0.6) is 5.75 Å². The normalized spacial score (nSPS) is 12.7. The molecule has 1 atom stereocenters. The molecule has 0 aromatic heterocycles. The van der Waals surface area contributed by atoms with Crippen LogP contribution >= 0.6 is 0 Å². The predicted molar refractivity (Wildman–Crippen MR) is 74.2 cm³/mol. The molecule has 4 nitrogen and oxygen atoms in total. The van der Waals surface area contributed by atoms with Crippen molar-refractivity contribution in [3.8, 4) is 5.75 Å². The van der Waals surface area contributed by atoms with E-state index in [2.05, 4.69) is 6.92 Å². The average Bonchev–Trinajstić information content (AvgIpc) is 2.44. The lowest BCUT2D eigenvalue weighted by Gasteiger charge is -2.23. The highest BCUT2D eigenvalue weighted by atomic mass is 16.7. The molecule has 1 N–H and O–H groups in total. The molecule has 1 rings (SSSR count). The maximum Gasteiger partial charge on any atom is 0.187 e. The fraction of sp³-hybridized carbons (Fsp3) is 0.600. The molecule has 0 saturated heterocycles. The zero-order valence-corrected chi connectivity index (χ0v) is 12.0. The first-order valence-electron chi connectivity index (χ1n) is 6.86. The molecular formula is C15H24O4. The first-order valence-corrected chi connectivity index (χ1v) is 6.86. The molecule has 0 saturated carbocycles. The summed E-state index contributed by atoms with van der Waals surface area (Å²) in [4.78, 5) is 0. The summed E-state index contributed by atoms with van der Waals surface area (Å²) in [6, 6.07) is 7.37. The van der Waals surface area contributed by atoms with E-state index in [0.29, 0.717) is 19.8 Å². The summed E-state index contributed by atoms with van der Waals surface area (Å²) in [5.41, 5.74) is 0.760. The van der Waals surface area contributed by atoms with E-state index in [0.717, 1.165) is 17.7 Å². The lowest BCUT2D eigenvalue weighted by Crippen LogP contribution is -2.25. The highest BCUT2D eigenvalue weighted by molar-refractivity contribution is 5.28. The first kappa shape index (κ1) is 16.0. The van der Waals surface area contributed by atoms with Crippen LogP contribution in [0, 0.1) is 0 Å². The summed E-state index contributed by atoms with van der Waals surface area (Å²) in [5, 5.41) is 10.2. The highest BCUT2D eigenvalue weighted by Gasteiger charge is 2.21. The molecule has 108 valence electrons. The quantitative estimate of drug-likeness (QED) is 0.700. The van der Waals surface area contributed by atoms with Crippen LogP contribution in [0.15, 0.2) is 24.3 Å². The number of aliphatic hydroxyl groups excluding tert-OH is 1. The van der Waals surface area contributed by atoms with Gasteiger partial charge in [0.2, 0.25) is 0 Å². The summed E-state index contributed by atoms with van der Waals surface area (Å²) in [6.07, 6.45) is -0.446. The summed E-state index contributed by atoms with van der Waals surface area (Å²) in [7, 11) is 0. The van der Waals surface area contributed by atoms with Crippen LogP contribution in [0.25, 0.3) is 0 Å². The molecule has 1 aromatic rings. The van der Waals surface area contributed by atoms with Crippen molar-refractivity contribution in [3.63, 3.8) is 0 Å². The minimum absolute atomic E-state index is 0.499. The molecule has 0 radical (unpaired) electrons. The number of hydrogen-bond donors (Lipinski definition) is 1. The second-order valence-corrected chi connectivity index (χ2v) is 4.14. The van der Waals surface area contributed by atoms with Crippen LogP contribution in [0.2, 0.25) is 0 Å². The standard InChI is InChI=1S/C15H24O4/c1-4-11-19-13-9-7-12(8-10-13)14(16)15(17-5-2)18-6-3/h7-10,14-16H,4-6,11H2,1-3H3. The predicted octanol–water partition coefficient (Wildman–Crippen LogP) is 2.91. The Morgan fingerprint density at radius 3 is 2.05 bits per heavy atom. The topological polar surface area (TPSA) is 47.9 Å². The van der Waals surface area contributed by atoms with E-state index in [-0.39, 0.29) is 0 Å². The molecule has 1 aromatic carbocycles. The Morgan fingerprint density at radius 2 is 1.58 bits per heavy atom. The van der Waals surface area contributed by atoms with Crippen molar-refractivity contribution in [1.82, 2.24) is 0 Å². The molecule has 0 fully saturated rings. The molecule has 1 unspecified atom stereocenters. The van der Waals surface area contributed by atoms with Crippen LogP contribution in [0.3, 0.4) is 0 Å². The van der Waals surface area contributed by atoms with Crippen LogP contribution in [0.4, 0.5) is 0 Å². The van der Waals surface area contributed by atoms with Gasteiger partial charge in [-0.25, -0.2) is 0 Å². The Hall–Kier alpha value is -1.10. The summed E-state index contributed by atoms with van der Waals surface area (Å²) in [6.45, 7) is 7.51. The van der Waals surface area contributed by atoms with Gasteiger partial charge in [-0.1, -0.05) is 19.1 Å². The Labute approximate surface area is 115 Å². The van der Waals surface area contributed by atoms with Crippen LogP contribution in [0.1, 0.15) is 38.9 Å². The third kappa shape index (κ3) is 5.19. The largest absolute Gasteiger partial charge is 0.494 e. The Balaban J connectivity index is 2.66. The first-order chi connectivity index (χ1) is 9.22. The third-order valence-electron chi connectivity index (χ3n) is 2.61. The lowest BCUT2D eigenvalue weighted by atomic mass is 10.1. The van der Waals surface area contributed by atoms with E-state index in [1.54, 1.807) is 0 Å². The van der Waals surface area contributed by atoms with Crippen molar-refractivity contribution in [2.24, 2.45) is 0 Å². The van der Waals surface area contributed by atoms with Gasteiger partial charge in [-0.05, 0) is 38.0 Å². The van der Waals surface area contributed by atoms with E-state index in [1.165, 1.54) is 0 Å².